The van der Waals surface area contributed by atoms with Crippen molar-refractivity contribution in [2.24, 2.45) is 0 Å². The van der Waals surface area contributed by atoms with Crippen LogP contribution in [-0.2, 0) is 6.54 Å². The highest BCUT2D eigenvalue weighted by atomic mass is 35.5. The topological polar surface area (TPSA) is 68.1 Å². The molecule has 3 rings (SSSR count). The molecule has 10 heteroatoms. The Morgan fingerprint density at radius 3 is 2.81 bits per heavy atom. The molecule has 26 heavy (non-hydrogen) atoms. The van der Waals surface area contributed by atoms with Crippen molar-refractivity contribution < 1.29 is 18.0 Å². The molecule has 0 N–H and O–H groups in total. The number of Topliss-reactive ketones (excluding diaryl/α,β-unsaturated/α-hetero) is 1. The Bertz CT molecular complexity index is 913. The summed E-state index contributed by atoms with van der Waals surface area (Å²) in [5, 5.41) is -0.223. The predicted octanol–water partition coefficient (Wildman–Crippen LogP) is 2.62. The van der Waals surface area contributed by atoms with E-state index >= 15 is 0 Å². The quantitative estimate of drug-likeness (QED) is 0.599. The van der Waals surface area contributed by atoms with Gasteiger partial charge in [0.1, 0.15) is 11.2 Å². The van der Waals surface area contributed by atoms with E-state index in [2.05, 4.69) is 9.97 Å². The molecular weight excluding hydrogens is 373 g/mol. The monoisotopic (exact) mass is 386 g/mol. The molecule has 6 nitrogen and oxygen atoms in total. The number of pyridine rings is 1. The van der Waals surface area contributed by atoms with Crippen LogP contribution >= 0.6 is 11.6 Å². The van der Waals surface area contributed by atoms with Crippen molar-refractivity contribution in [2.45, 2.75) is 32.1 Å². The van der Waals surface area contributed by atoms with E-state index in [0.29, 0.717) is 5.56 Å². The summed E-state index contributed by atoms with van der Waals surface area (Å²) in [6.07, 6.45) is -2.15. The molecule has 3 heterocycles. The number of fused-ring (bicyclic) bond motifs is 1. The number of carbonyl (C=O) groups excluding carboxylic acids is 1. The maximum absolute atomic E-state index is 13.5. The zero-order chi connectivity index (χ0) is 19.1. The first-order valence-corrected chi connectivity index (χ1v) is 8.11. The Morgan fingerprint density at radius 1 is 1.42 bits per heavy atom. The number of hydrogen-bond donors (Lipinski definition) is 0. The van der Waals surface area contributed by atoms with Crippen molar-refractivity contribution in [3.05, 3.63) is 51.2 Å². The molecule has 1 aliphatic rings. The standard InChI is InChI=1S/C16H14ClF3N4O2/c1-9-2-4-21-7-10(9)11(25)8-24-12(16(18,19)20)3-5-23-14(26)6-13(17)22-15(23)24/h2,4,6-7,12H,3,5,8H2,1H3/t12-/m0/s1. The minimum atomic E-state index is -4.59. The number of hydrogen-bond acceptors (Lipinski definition) is 5. The highest BCUT2D eigenvalue weighted by Gasteiger charge is 2.47. The Labute approximate surface area is 151 Å². The van der Waals surface area contributed by atoms with Gasteiger partial charge in [0, 0.05) is 30.6 Å². The number of rotatable bonds is 3. The maximum Gasteiger partial charge on any atom is 0.408 e. The van der Waals surface area contributed by atoms with Crippen LogP contribution in [0.2, 0.25) is 5.15 Å². The lowest BCUT2D eigenvalue weighted by Gasteiger charge is -2.38. The smallest absolute Gasteiger partial charge is 0.322 e. The summed E-state index contributed by atoms with van der Waals surface area (Å²) in [5.74, 6) is -0.807. The summed E-state index contributed by atoms with van der Waals surface area (Å²) in [5.41, 5.74) is 0.257. The van der Waals surface area contributed by atoms with E-state index in [0.717, 1.165) is 15.5 Å². The van der Waals surface area contributed by atoms with Gasteiger partial charge in [-0.1, -0.05) is 11.6 Å². The number of aromatic nitrogens is 3. The van der Waals surface area contributed by atoms with Gasteiger partial charge in [-0.15, -0.1) is 0 Å². The summed E-state index contributed by atoms with van der Waals surface area (Å²) < 4.78 is 41.6. The number of halogens is 4. The van der Waals surface area contributed by atoms with Crippen LogP contribution in [0, 0.1) is 6.92 Å². The fourth-order valence-corrected chi connectivity index (χ4v) is 3.13. The summed E-state index contributed by atoms with van der Waals surface area (Å²) in [7, 11) is 0. The SMILES string of the molecule is Cc1ccncc1C(=O)CN1c2nc(Cl)cc(=O)n2CC[C@H]1C(F)(F)F. The van der Waals surface area contributed by atoms with Gasteiger partial charge in [-0.05, 0) is 25.0 Å². The molecule has 0 bridgehead atoms. The first kappa shape index (κ1) is 18.4. The molecule has 0 saturated heterocycles. The number of nitrogens with zero attached hydrogens (tertiary/aromatic N) is 4. The van der Waals surface area contributed by atoms with E-state index in [-0.39, 0.29) is 29.6 Å². The van der Waals surface area contributed by atoms with Crippen LogP contribution in [0.5, 0.6) is 0 Å². The van der Waals surface area contributed by atoms with Gasteiger partial charge >= 0.3 is 6.18 Å². The van der Waals surface area contributed by atoms with Gasteiger partial charge in [0.05, 0.1) is 6.54 Å². The van der Waals surface area contributed by atoms with E-state index in [1.807, 2.05) is 0 Å². The molecule has 0 radical (unpaired) electrons. The van der Waals surface area contributed by atoms with Crippen LogP contribution < -0.4 is 10.5 Å². The van der Waals surface area contributed by atoms with Crippen LogP contribution in [0.15, 0.2) is 29.3 Å². The van der Waals surface area contributed by atoms with Gasteiger partial charge < -0.3 is 4.90 Å². The molecule has 0 aliphatic carbocycles. The molecule has 0 saturated carbocycles. The third-order valence-electron chi connectivity index (χ3n) is 4.25. The van der Waals surface area contributed by atoms with Crippen LogP contribution in [0.25, 0.3) is 0 Å². The van der Waals surface area contributed by atoms with Crippen LogP contribution in [-0.4, -0.2) is 39.1 Å². The first-order chi connectivity index (χ1) is 12.2. The van der Waals surface area contributed by atoms with E-state index in [9.17, 15) is 22.8 Å². The average molecular weight is 387 g/mol. The van der Waals surface area contributed by atoms with E-state index in [1.54, 1.807) is 13.0 Å². The predicted molar refractivity (Wildman–Crippen MR) is 88.6 cm³/mol. The highest BCUT2D eigenvalue weighted by molar-refractivity contribution is 6.29. The summed E-state index contributed by atoms with van der Waals surface area (Å²) in [4.78, 5) is 33.1. The van der Waals surface area contributed by atoms with Crippen LogP contribution in [0.3, 0.4) is 0 Å². The molecule has 0 aromatic carbocycles. The lowest BCUT2D eigenvalue weighted by atomic mass is 10.0. The fourth-order valence-electron chi connectivity index (χ4n) is 2.96. The van der Waals surface area contributed by atoms with Crippen LogP contribution in [0.1, 0.15) is 22.3 Å². The fraction of sp³-hybridized carbons (Fsp3) is 0.375. The zero-order valence-corrected chi connectivity index (χ0v) is 14.4. The second-order valence-electron chi connectivity index (χ2n) is 5.96. The summed E-state index contributed by atoms with van der Waals surface area (Å²) >= 11 is 5.76. The van der Waals surface area contributed by atoms with Gasteiger partial charge in [-0.25, -0.2) is 4.98 Å². The second-order valence-corrected chi connectivity index (χ2v) is 6.34. The Morgan fingerprint density at radius 2 is 2.15 bits per heavy atom. The molecule has 2 aromatic rings. The van der Waals surface area contributed by atoms with Crippen molar-refractivity contribution in [3.8, 4) is 0 Å². The van der Waals surface area contributed by atoms with Gasteiger partial charge in [0.25, 0.3) is 5.56 Å². The largest absolute Gasteiger partial charge is 0.408 e. The molecular formula is C16H14ClF3N4O2. The minimum Gasteiger partial charge on any atom is -0.322 e. The third-order valence-corrected chi connectivity index (χ3v) is 4.44. The Balaban J connectivity index is 2.05. The molecule has 0 unspecified atom stereocenters. The molecule has 1 atom stereocenters. The third kappa shape index (κ3) is 3.44. The number of aryl methyl sites for hydroxylation is 1. The van der Waals surface area contributed by atoms with E-state index in [4.69, 9.17) is 11.6 Å². The molecule has 0 amide bonds. The van der Waals surface area contributed by atoms with Crippen LogP contribution in [0.4, 0.5) is 19.1 Å². The van der Waals surface area contributed by atoms with Crippen molar-refractivity contribution >= 4 is 23.3 Å². The molecule has 0 fully saturated rings. The zero-order valence-electron chi connectivity index (χ0n) is 13.6. The lowest BCUT2D eigenvalue weighted by Crippen LogP contribution is -2.54. The molecule has 0 spiro atoms. The van der Waals surface area contributed by atoms with Gasteiger partial charge in [0.2, 0.25) is 5.95 Å². The summed E-state index contributed by atoms with van der Waals surface area (Å²) in [6.45, 7) is 0.919. The van der Waals surface area contributed by atoms with Crippen molar-refractivity contribution in [1.82, 2.24) is 14.5 Å². The van der Waals surface area contributed by atoms with Crippen molar-refractivity contribution in [2.75, 3.05) is 11.4 Å². The number of ketones is 1. The number of anilines is 1. The average Bonchev–Trinajstić information content (AvgIpc) is 2.54. The normalized spacial score (nSPS) is 17.1. The van der Waals surface area contributed by atoms with Gasteiger partial charge in [-0.3, -0.25) is 19.1 Å². The summed E-state index contributed by atoms with van der Waals surface area (Å²) in [6, 6.07) is 0.691. The molecule has 2 aromatic heterocycles. The Kier molecular flexibility index (Phi) is 4.74. The van der Waals surface area contributed by atoms with E-state index < -0.39 is 30.1 Å². The Hall–Kier alpha value is -2.42. The lowest BCUT2D eigenvalue weighted by molar-refractivity contribution is -0.152. The number of carbonyl (C=O) groups is 1. The van der Waals surface area contributed by atoms with E-state index in [1.165, 1.54) is 12.4 Å². The molecule has 138 valence electrons. The maximum atomic E-state index is 13.5. The molecule has 1 aliphatic heterocycles. The van der Waals surface area contributed by atoms with Crippen molar-refractivity contribution in [3.63, 3.8) is 0 Å². The number of alkyl halides is 3. The van der Waals surface area contributed by atoms with Crippen molar-refractivity contribution in [1.29, 1.82) is 0 Å². The highest BCUT2D eigenvalue weighted by Crippen LogP contribution is 2.34. The first-order valence-electron chi connectivity index (χ1n) is 7.73. The second kappa shape index (κ2) is 6.71. The van der Waals surface area contributed by atoms with Gasteiger partial charge in [0.15, 0.2) is 5.78 Å². The minimum absolute atomic E-state index is 0.154. The van der Waals surface area contributed by atoms with Gasteiger partial charge in [-0.2, -0.15) is 13.2 Å².